The van der Waals surface area contributed by atoms with Crippen LogP contribution in [-0.4, -0.2) is 52.6 Å². The Morgan fingerprint density at radius 2 is 1.71 bits per heavy atom. The van der Waals surface area contributed by atoms with E-state index in [0.717, 1.165) is 5.56 Å². The van der Waals surface area contributed by atoms with E-state index >= 15 is 0 Å². The molecule has 31 heavy (non-hydrogen) atoms. The molecule has 166 valence electrons. The highest BCUT2D eigenvalue weighted by Gasteiger charge is 2.26. The highest BCUT2D eigenvalue weighted by molar-refractivity contribution is 7.89. The second kappa shape index (κ2) is 10.2. The minimum absolute atomic E-state index is 0.117. The molecule has 0 saturated carbocycles. The third kappa shape index (κ3) is 6.00. The monoisotopic (exact) mass is 464 g/mol. The fourth-order valence-electron chi connectivity index (χ4n) is 3.35. The fourth-order valence-corrected chi connectivity index (χ4v) is 4.78. The number of hydrogen-bond acceptors (Lipinski definition) is 5. The first-order valence-corrected chi connectivity index (χ1v) is 11.7. The van der Waals surface area contributed by atoms with Gasteiger partial charge in [0.15, 0.2) is 11.5 Å². The standard InChI is InChI=1S/C22H25ClN2O5S/c1-29-20-9-3-16(15-21(20)30-2)4-10-22(26)25-13-11-18(12-14-25)24-31(27,28)19-7-5-17(23)6-8-19/h3-10,15,18,24H,11-14H2,1-2H3. The Morgan fingerprint density at radius 1 is 1.06 bits per heavy atom. The van der Waals surface area contributed by atoms with Crippen LogP contribution in [-0.2, 0) is 14.8 Å². The van der Waals surface area contributed by atoms with Crippen molar-refractivity contribution in [3.63, 3.8) is 0 Å². The van der Waals surface area contributed by atoms with Crippen LogP contribution in [0.5, 0.6) is 11.5 Å². The number of halogens is 1. The largest absolute Gasteiger partial charge is 0.493 e. The van der Waals surface area contributed by atoms with Crippen LogP contribution >= 0.6 is 11.6 Å². The lowest BCUT2D eigenvalue weighted by Gasteiger charge is -2.31. The summed E-state index contributed by atoms with van der Waals surface area (Å²) in [4.78, 5) is 14.4. The number of likely N-dealkylation sites (tertiary alicyclic amines) is 1. The number of nitrogens with one attached hydrogen (secondary N) is 1. The van der Waals surface area contributed by atoms with Crippen LogP contribution in [0.3, 0.4) is 0 Å². The third-order valence-electron chi connectivity index (χ3n) is 5.08. The van der Waals surface area contributed by atoms with Gasteiger partial charge < -0.3 is 14.4 Å². The number of rotatable bonds is 7. The van der Waals surface area contributed by atoms with E-state index in [4.69, 9.17) is 21.1 Å². The summed E-state index contributed by atoms with van der Waals surface area (Å²) < 4.78 is 38.2. The molecule has 0 atom stereocenters. The summed E-state index contributed by atoms with van der Waals surface area (Å²) in [6, 6.07) is 11.2. The van der Waals surface area contributed by atoms with Crippen molar-refractivity contribution in [1.82, 2.24) is 9.62 Å². The Kier molecular flexibility index (Phi) is 7.59. The second-order valence-corrected chi connectivity index (χ2v) is 9.27. The van der Waals surface area contributed by atoms with E-state index < -0.39 is 10.0 Å². The molecule has 1 N–H and O–H groups in total. The molecule has 1 saturated heterocycles. The highest BCUT2D eigenvalue weighted by atomic mass is 35.5. The topological polar surface area (TPSA) is 84.9 Å². The summed E-state index contributed by atoms with van der Waals surface area (Å²) in [5.41, 5.74) is 0.816. The molecule has 2 aromatic rings. The Hall–Kier alpha value is -2.55. The maximum absolute atomic E-state index is 12.5. The van der Waals surface area contributed by atoms with Gasteiger partial charge >= 0.3 is 0 Å². The van der Waals surface area contributed by atoms with E-state index in [1.807, 2.05) is 6.07 Å². The Morgan fingerprint density at radius 3 is 2.32 bits per heavy atom. The van der Waals surface area contributed by atoms with Crippen LogP contribution < -0.4 is 14.2 Å². The zero-order chi connectivity index (χ0) is 22.4. The van der Waals surface area contributed by atoms with Gasteiger partial charge in [0.2, 0.25) is 15.9 Å². The minimum Gasteiger partial charge on any atom is -0.493 e. The summed E-state index contributed by atoms with van der Waals surface area (Å²) in [5, 5.41) is 0.479. The van der Waals surface area contributed by atoms with E-state index in [1.165, 1.54) is 18.2 Å². The SMILES string of the molecule is COc1ccc(C=CC(=O)N2CCC(NS(=O)(=O)c3ccc(Cl)cc3)CC2)cc1OC. The predicted octanol–water partition coefficient (Wildman–Crippen LogP) is 3.34. The van der Waals surface area contributed by atoms with Crippen LogP contribution in [0.25, 0.3) is 6.08 Å². The Balaban J connectivity index is 1.55. The first-order valence-electron chi connectivity index (χ1n) is 9.79. The van der Waals surface area contributed by atoms with Gasteiger partial charge in [-0.05, 0) is 60.9 Å². The van der Waals surface area contributed by atoms with Gasteiger partial charge in [-0.15, -0.1) is 0 Å². The van der Waals surface area contributed by atoms with Crippen LogP contribution in [0.2, 0.25) is 5.02 Å². The van der Waals surface area contributed by atoms with Crippen LogP contribution in [0.1, 0.15) is 18.4 Å². The number of carbonyl (C=O) groups excluding carboxylic acids is 1. The smallest absolute Gasteiger partial charge is 0.246 e. The molecule has 7 nitrogen and oxygen atoms in total. The molecular formula is C22H25ClN2O5S. The molecule has 0 bridgehead atoms. The van der Waals surface area contributed by atoms with E-state index in [-0.39, 0.29) is 16.8 Å². The quantitative estimate of drug-likeness (QED) is 0.635. The summed E-state index contributed by atoms with van der Waals surface area (Å²) in [7, 11) is -0.498. The van der Waals surface area contributed by atoms with Crippen molar-refractivity contribution in [3.8, 4) is 11.5 Å². The van der Waals surface area contributed by atoms with Crippen molar-refractivity contribution in [2.24, 2.45) is 0 Å². The van der Waals surface area contributed by atoms with E-state index in [1.54, 1.807) is 49.5 Å². The molecular weight excluding hydrogens is 440 g/mol. The first kappa shape index (κ1) is 23.1. The first-order chi connectivity index (χ1) is 14.8. The third-order valence-corrected chi connectivity index (χ3v) is 6.87. The number of sulfonamides is 1. The molecule has 1 fully saturated rings. The van der Waals surface area contributed by atoms with Gasteiger partial charge in [-0.25, -0.2) is 13.1 Å². The van der Waals surface area contributed by atoms with Gasteiger partial charge in [-0.1, -0.05) is 17.7 Å². The molecule has 2 aromatic carbocycles. The van der Waals surface area contributed by atoms with E-state index in [2.05, 4.69) is 4.72 Å². The number of benzene rings is 2. The lowest BCUT2D eigenvalue weighted by Crippen LogP contribution is -2.46. The summed E-state index contributed by atoms with van der Waals surface area (Å²) in [6.45, 7) is 0.950. The molecule has 1 amide bonds. The summed E-state index contributed by atoms with van der Waals surface area (Å²) >= 11 is 5.82. The Bertz CT molecular complexity index is 1050. The van der Waals surface area contributed by atoms with Crippen molar-refractivity contribution in [1.29, 1.82) is 0 Å². The number of nitrogens with zero attached hydrogens (tertiary/aromatic N) is 1. The molecule has 0 aromatic heterocycles. The predicted molar refractivity (Wildman–Crippen MR) is 120 cm³/mol. The van der Waals surface area contributed by atoms with E-state index in [0.29, 0.717) is 42.5 Å². The number of amides is 1. The van der Waals surface area contributed by atoms with Crippen LogP contribution in [0.4, 0.5) is 0 Å². The fraction of sp³-hybridized carbons (Fsp3) is 0.318. The molecule has 0 spiro atoms. The number of piperidine rings is 1. The zero-order valence-electron chi connectivity index (χ0n) is 17.4. The number of hydrogen-bond donors (Lipinski definition) is 1. The van der Waals surface area contributed by atoms with Crippen molar-refractivity contribution in [3.05, 3.63) is 59.1 Å². The van der Waals surface area contributed by atoms with Gasteiger partial charge in [0.05, 0.1) is 19.1 Å². The number of methoxy groups -OCH3 is 2. The van der Waals surface area contributed by atoms with Crippen molar-refractivity contribution < 1.29 is 22.7 Å². The molecule has 0 radical (unpaired) electrons. The van der Waals surface area contributed by atoms with Gasteiger partial charge in [-0.3, -0.25) is 4.79 Å². The van der Waals surface area contributed by atoms with Crippen LogP contribution in [0, 0.1) is 0 Å². The van der Waals surface area contributed by atoms with E-state index in [9.17, 15) is 13.2 Å². The summed E-state index contributed by atoms with van der Waals surface area (Å²) in [6.07, 6.45) is 4.32. The lowest BCUT2D eigenvalue weighted by atomic mass is 10.1. The zero-order valence-corrected chi connectivity index (χ0v) is 18.9. The average molecular weight is 465 g/mol. The average Bonchev–Trinajstić information content (AvgIpc) is 2.77. The molecule has 1 heterocycles. The maximum Gasteiger partial charge on any atom is 0.246 e. The molecule has 3 rings (SSSR count). The van der Waals surface area contributed by atoms with Gasteiger partial charge in [-0.2, -0.15) is 0 Å². The lowest BCUT2D eigenvalue weighted by molar-refractivity contribution is -0.126. The summed E-state index contributed by atoms with van der Waals surface area (Å²) in [5.74, 6) is 1.09. The normalized spacial score (nSPS) is 15.3. The molecule has 9 heteroatoms. The van der Waals surface area contributed by atoms with Crippen molar-refractivity contribution >= 4 is 33.6 Å². The molecule has 1 aliphatic heterocycles. The highest BCUT2D eigenvalue weighted by Crippen LogP contribution is 2.28. The Labute approximate surface area is 187 Å². The van der Waals surface area contributed by atoms with Crippen molar-refractivity contribution in [2.75, 3.05) is 27.3 Å². The molecule has 0 unspecified atom stereocenters. The number of carbonyl (C=O) groups is 1. The van der Waals surface area contributed by atoms with Gasteiger partial charge in [0.1, 0.15) is 0 Å². The minimum atomic E-state index is -3.62. The molecule has 1 aliphatic rings. The van der Waals surface area contributed by atoms with Gasteiger partial charge in [0.25, 0.3) is 0 Å². The van der Waals surface area contributed by atoms with Gasteiger partial charge in [0, 0.05) is 30.2 Å². The van der Waals surface area contributed by atoms with Crippen molar-refractivity contribution in [2.45, 2.75) is 23.8 Å². The van der Waals surface area contributed by atoms with Crippen LogP contribution in [0.15, 0.2) is 53.4 Å². The molecule has 0 aliphatic carbocycles. The maximum atomic E-state index is 12.5. The second-order valence-electron chi connectivity index (χ2n) is 7.12. The number of ether oxygens (including phenoxy) is 2.